The Balaban J connectivity index is 1.56. The number of hydrogen-bond acceptors (Lipinski definition) is 6. The largest absolute Gasteiger partial charge is 0.465 e. The number of fused-ring (bicyclic) bond motifs is 1. The Bertz CT molecular complexity index is 1240. The summed E-state index contributed by atoms with van der Waals surface area (Å²) in [5.74, 6) is 0.357. The molecule has 6 nitrogen and oxygen atoms in total. The summed E-state index contributed by atoms with van der Waals surface area (Å²) in [5, 5.41) is 1.09. The van der Waals surface area contributed by atoms with Crippen LogP contribution in [0, 0.1) is 5.92 Å². The second-order valence-corrected chi connectivity index (χ2v) is 10.3. The second-order valence-electron chi connectivity index (χ2n) is 10.3. The van der Waals surface area contributed by atoms with Crippen molar-refractivity contribution in [1.29, 1.82) is 0 Å². The third-order valence-corrected chi connectivity index (χ3v) is 7.58. The first-order valence-electron chi connectivity index (χ1n) is 12.4. The Labute approximate surface area is 206 Å². The molecule has 182 valence electrons. The van der Waals surface area contributed by atoms with Gasteiger partial charge in [-0.3, -0.25) is 4.98 Å². The molecule has 1 aliphatic heterocycles. The Morgan fingerprint density at radius 2 is 1.80 bits per heavy atom. The van der Waals surface area contributed by atoms with Gasteiger partial charge in [-0.05, 0) is 81.1 Å². The summed E-state index contributed by atoms with van der Waals surface area (Å²) in [5.41, 5.74) is 5.42. The predicted octanol–water partition coefficient (Wildman–Crippen LogP) is 4.70. The zero-order chi connectivity index (χ0) is 24.6. The van der Waals surface area contributed by atoms with Gasteiger partial charge in [0.05, 0.1) is 29.3 Å². The van der Waals surface area contributed by atoms with Crippen LogP contribution in [0.2, 0.25) is 0 Å². The molecule has 3 aromatic rings. The number of esters is 1. The molecular formula is C29H33N3O3. The number of carbonyl (C=O) groups excluding carboxylic acids is 2. The topological polar surface area (TPSA) is 62.7 Å². The highest BCUT2D eigenvalue weighted by atomic mass is 16.5. The zero-order valence-electron chi connectivity index (χ0n) is 20.8. The van der Waals surface area contributed by atoms with Crippen LogP contribution < -0.4 is 4.90 Å². The van der Waals surface area contributed by atoms with Crippen molar-refractivity contribution in [3.05, 3.63) is 59.8 Å². The van der Waals surface area contributed by atoms with Crippen molar-refractivity contribution in [2.75, 3.05) is 45.7 Å². The summed E-state index contributed by atoms with van der Waals surface area (Å²) in [4.78, 5) is 33.5. The highest BCUT2D eigenvalue weighted by Gasteiger charge is 2.47. The van der Waals surface area contributed by atoms with Gasteiger partial charge >= 0.3 is 5.97 Å². The summed E-state index contributed by atoms with van der Waals surface area (Å²) in [7, 11) is 5.67. The van der Waals surface area contributed by atoms with Crippen molar-refractivity contribution in [2.45, 2.75) is 31.1 Å². The fourth-order valence-electron chi connectivity index (χ4n) is 5.42. The molecule has 1 aromatic heterocycles. The van der Waals surface area contributed by atoms with E-state index in [0.717, 1.165) is 79.2 Å². The lowest BCUT2D eigenvalue weighted by Gasteiger charge is -2.37. The van der Waals surface area contributed by atoms with Crippen molar-refractivity contribution in [2.24, 2.45) is 5.92 Å². The molecule has 0 spiro atoms. The van der Waals surface area contributed by atoms with E-state index >= 15 is 0 Å². The van der Waals surface area contributed by atoms with E-state index in [1.807, 2.05) is 18.3 Å². The minimum atomic E-state index is -0.394. The third kappa shape index (κ3) is 4.55. The fraction of sp³-hybridized carbons (Fsp3) is 0.414. The molecule has 35 heavy (non-hydrogen) atoms. The van der Waals surface area contributed by atoms with Crippen LogP contribution in [0.15, 0.2) is 48.7 Å². The number of pyridine rings is 1. The van der Waals surface area contributed by atoms with E-state index in [4.69, 9.17) is 9.72 Å². The minimum absolute atomic E-state index is 0.340. The van der Waals surface area contributed by atoms with Crippen LogP contribution in [0.1, 0.15) is 41.6 Å². The van der Waals surface area contributed by atoms with Crippen LogP contribution in [0.25, 0.3) is 22.0 Å². The maximum absolute atomic E-state index is 12.1. The number of carbonyl (C=O) groups is 2. The maximum Gasteiger partial charge on any atom is 0.337 e. The second kappa shape index (κ2) is 9.42. The summed E-state index contributed by atoms with van der Waals surface area (Å²) < 4.78 is 4.83. The molecule has 0 amide bonds. The van der Waals surface area contributed by atoms with E-state index in [9.17, 15) is 9.59 Å². The van der Waals surface area contributed by atoms with Crippen LogP contribution >= 0.6 is 0 Å². The first kappa shape index (κ1) is 23.5. The average molecular weight is 472 g/mol. The molecule has 2 aromatic carbocycles. The van der Waals surface area contributed by atoms with Gasteiger partial charge in [-0.15, -0.1) is 0 Å². The molecule has 2 fully saturated rings. The van der Waals surface area contributed by atoms with Gasteiger partial charge in [-0.25, -0.2) is 4.79 Å². The monoisotopic (exact) mass is 471 g/mol. The molecule has 2 aliphatic rings. The third-order valence-electron chi connectivity index (χ3n) is 7.58. The number of aldehydes is 1. The maximum atomic E-state index is 12.1. The lowest BCUT2D eigenvalue weighted by atomic mass is 9.90. The minimum Gasteiger partial charge on any atom is -0.465 e. The van der Waals surface area contributed by atoms with E-state index in [1.165, 1.54) is 12.8 Å². The van der Waals surface area contributed by atoms with E-state index in [1.54, 1.807) is 12.1 Å². The first-order chi connectivity index (χ1) is 16.9. The summed E-state index contributed by atoms with van der Waals surface area (Å²) in [6, 6.07) is 13.8. The standard InChI is InChI=1S/C29H33N3O3/c1-31(2)18-20-10-14-32(15-11-20)27-24-16-23(21-4-6-22(7-5-21)28(34)35-3)8-9-26(24)30-17-25(27)29(19-33)12-13-29/h4-9,16-17,19-20H,10-15,18H2,1-3H3. The molecular weight excluding hydrogens is 438 g/mol. The molecule has 0 radical (unpaired) electrons. The molecule has 1 aliphatic carbocycles. The van der Waals surface area contributed by atoms with Gasteiger partial charge in [0.1, 0.15) is 6.29 Å². The average Bonchev–Trinajstić information content (AvgIpc) is 3.69. The number of rotatable bonds is 7. The number of benzene rings is 2. The van der Waals surface area contributed by atoms with Crippen molar-refractivity contribution >= 4 is 28.8 Å². The summed E-state index contributed by atoms with van der Waals surface area (Å²) in [6.45, 7) is 3.08. The molecule has 6 heteroatoms. The Hall–Kier alpha value is -3.25. The quantitative estimate of drug-likeness (QED) is 0.368. The first-order valence-corrected chi connectivity index (χ1v) is 12.4. The van der Waals surface area contributed by atoms with Gasteiger partial charge in [0, 0.05) is 36.8 Å². The van der Waals surface area contributed by atoms with E-state index < -0.39 is 5.41 Å². The molecule has 1 saturated heterocycles. The SMILES string of the molecule is COC(=O)c1ccc(-c2ccc3ncc(C4(C=O)CC4)c(N4CCC(CN(C)C)CC4)c3c2)cc1. The Morgan fingerprint density at radius 3 is 2.40 bits per heavy atom. The number of anilines is 1. The summed E-state index contributed by atoms with van der Waals surface area (Å²) in [6.07, 6.45) is 7.14. The van der Waals surface area contributed by atoms with Crippen LogP contribution in [-0.2, 0) is 14.9 Å². The van der Waals surface area contributed by atoms with Gasteiger partial charge in [0.25, 0.3) is 0 Å². The zero-order valence-corrected chi connectivity index (χ0v) is 20.8. The number of hydrogen-bond donors (Lipinski definition) is 0. The predicted molar refractivity (Wildman–Crippen MR) is 139 cm³/mol. The summed E-state index contributed by atoms with van der Waals surface area (Å²) >= 11 is 0. The van der Waals surface area contributed by atoms with E-state index in [2.05, 4.69) is 42.1 Å². The van der Waals surface area contributed by atoms with Gasteiger partial charge in [-0.1, -0.05) is 18.2 Å². The Kier molecular flexibility index (Phi) is 6.32. The van der Waals surface area contributed by atoms with Crippen molar-refractivity contribution in [3.63, 3.8) is 0 Å². The molecule has 0 unspecified atom stereocenters. The van der Waals surface area contributed by atoms with Crippen molar-refractivity contribution in [1.82, 2.24) is 9.88 Å². The molecule has 5 rings (SSSR count). The van der Waals surface area contributed by atoms with Crippen LogP contribution in [0.5, 0.6) is 0 Å². The highest BCUT2D eigenvalue weighted by Crippen LogP contribution is 2.51. The number of aromatic nitrogens is 1. The van der Waals surface area contributed by atoms with Gasteiger partial charge in [0.2, 0.25) is 0 Å². The van der Waals surface area contributed by atoms with Crippen molar-refractivity contribution in [3.8, 4) is 11.1 Å². The van der Waals surface area contributed by atoms with E-state index in [-0.39, 0.29) is 5.97 Å². The Morgan fingerprint density at radius 1 is 1.11 bits per heavy atom. The molecule has 0 N–H and O–H groups in total. The van der Waals surface area contributed by atoms with Gasteiger partial charge in [0.15, 0.2) is 0 Å². The normalized spacial score (nSPS) is 17.5. The smallest absolute Gasteiger partial charge is 0.337 e. The van der Waals surface area contributed by atoms with Gasteiger partial charge in [-0.2, -0.15) is 0 Å². The molecule has 0 bridgehead atoms. The fourth-order valence-corrected chi connectivity index (χ4v) is 5.42. The number of ether oxygens (including phenoxy) is 1. The van der Waals surface area contributed by atoms with Crippen LogP contribution in [0.3, 0.4) is 0 Å². The molecule has 0 atom stereocenters. The number of piperidine rings is 1. The highest BCUT2D eigenvalue weighted by molar-refractivity contribution is 5.98. The lowest BCUT2D eigenvalue weighted by Crippen LogP contribution is -2.38. The van der Waals surface area contributed by atoms with E-state index in [0.29, 0.717) is 11.5 Å². The number of methoxy groups -OCH3 is 1. The number of nitrogens with zero attached hydrogens (tertiary/aromatic N) is 3. The van der Waals surface area contributed by atoms with Gasteiger partial charge < -0.3 is 19.3 Å². The van der Waals surface area contributed by atoms with Crippen LogP contribution in [0.4, 0.5) is 5.69 Å². The molecule has 2 heterocycles. The van der Waals surface area contributed by atoms with Crippen molar-refractivity contribution < 1.29 is 14.3 Å². The molecule has 1 saturated carbocycles. The van der Waals surface area contributed by atoms with Crippen LogP contribution in [-0.4, -0.2) is 63.0 Å². The lowest BCUT2D eigenvalue weighted by molar-refractivity contribution is -0.109.